The van der Waals surface area contributed by atoms with Crippen LogP contribution in [-0.2, 0) is 17.7 Å². The normalized spacial score (nSPS) is 27.2. The van der Waals surface area contributed by atoms with Crippen LogP contribution in [-0.4, -0.2) is 35.7 Å². The monoisotopic (exact) mass is 356 g/mol. The van der Waals surface area contributed by atoms with Crippen LogP contribution in [0.4, 0.5) is 0 Å². The van der Waals surface area contributed by atoms with Crippen LogP contribution in [0.25, 0.3) is 0 Å². The zero-order valence-electron chi connectivity index (χ0n) is 15.1. The van der Waals surface area contributed by atoms with Crippen LogP contribution >= 0.6 is 11.3 Å². The molecule has 3 nitrogen and oxygen atoms in total. The first kappa shape index (κ1) is 17.2. The predicted molar refractivity (Wildman–Crippen MR) is 103 cm³/mol. The molecule has 25 heavy (non-hydrogen) atoms. The van der Waals surface area contributed by atoms with Gasteiger partial charge < -0.3 is 4.74 Å². The second-order valence-electron chi connectivity index (χ2n) is 7.76. The maximum Gasteiger partial charge on any atom is 0.0645 e. The van der Waals surface area contributed by atoms with Crippen molar-refractivity contribution in [2.75, 3.05) is 19.7 Å². The number of hydrogen-bond donors (Lipinski definition) is 0. The second-order valence-corrected chi connectivity index (χ2v) is 8.54. The van der Waals surface area contributed by atoms with Gasteiger partial charge in [-0.05, 0) is 79.6 Å². The first-order valence-corrected chi connectivity index (χ1v) is 10.4. The molecule has 4 rings (SSSR count). The van der Waals surface area contributed by atoms with Gasteiger partial charge in [-0.1, -0.05) is 6.07 Å². The van der Waals surface area contributed by atoms with Gasteiger partial charge in [-0.3, -0.25) is 9.88 Å². The average molecular weight is 357 g/mol. The van der Waals surface area contributed by atoms with E-state index in [0.29, 0.717) is 11.5 Å². The van der Waals surface area contributed by atoms with E-state index in [4.69, 9.17) is 4.74 Å². The van der Waals surface area contributed by atoms with E-state index < -0.39 is 0 Å². The summed E-state index contributed by atoms with van der Waals surface area (Å²) in [5, 5.41) is 4.49. The van der Waals surface area contributed by atoms with E-state index in [1.54, 1.807) is 0 Å². The van der Waals surface area contributed by atoms with Crippen LogP contribution in [0, 0.1) is 12.3 Å². The summed E-state index contributed by atoms with van der Waals surface area (Å²) in [4.78, 5) is 7.07. The number of ether oxygens (including phenoxy) is 1. The minimum Gasteiger partial charge on any atom is -0.378 e. The number of nitrogens with zero attached hydrogens (tertiary/aromatic N) is 2. The van der Waals surface area contributed by atoms with Crippen molar-refractivity contribution in [1.29, 1.82) is 0 Å². The molecule has 4 heterocycles. The van der Waals surface area contributed by atoms with E-state index >= 15 is 0 Å². The van der Waals surface area contributed by atoms with Crippen LogP contribution in [0.15, 0.2) is 35.2 Å². The molecule has 0 bridgehead atoms. The highest BCUT2D eigenvalue weighted by Crippen LogP contribution is 2.44. The van der Waals surface area contributed by atoms with Crippen LogP contribution in [0.2, 0.25) is 0 Å². The molecule has 0 aromatic carbocycles. The van der Waals surface area contributed by atoms with Crippen molar-refractivity contribution in [3.05, 3.63) is 52.0 Å². The van der Waals surface area contributed by atoms with Crippen LogP contribution in [0.5, 0.6) is 0 Å². The van der Waals surface area contributed by atoms with Crippen molar-refractivity contribution >= 4 is 11.3 Å². The lowest BCUT2D eigenvalue weighted by Gasteiger charge is -2.35. The summed E-state index contributed by atoms with van der Waals surface area (Å²) >= 11 is 1.81. The molecule has 2 aliphatic heterocycles. The van der Waals surface area contributed by atoms with Gasteiger partial charge in [-0.15, -0.1) is 0 Å². The summed E-state index contributed by atoms with van der Waals surface area (Å²) in [7, 11) is 0. The van der Waals surface area contributed by atoms with Gasteiger partial charge in [0, 0.05) is 37.0 Å². The zero-order chi connectivity index (χ0) is 17.1. The highest BCUT2D eigenvalue weighted by atomic mass is 32.1. The number of hydrogen-bond acceptors (Lipinski definition) is 4. The Labute approximate surface area is 155 Å². The van der Waals surface area contributed by atoms with Gasteiger partial charge in [-0.25, -0.2) is 0 Å². The molecule has 134 valence electrons. The molecule has 2 aliphatic rings. The molecule has 0 N–H and O–H groups in total. The molecular weight excluding hydrogens is 328 g/mol. The molecule has 2 fully saturated rings. The fourth-order valence-corrected chi connectivity index (χ4v) is 5.19. The molecule has 0 amide bonds. The predicted octanol–water partition coefficient (Wildman–Crippen LogP) is 4.46. The fraction of sp³-hybridized carbons (Fsp3) is 0.571. The van der Waals surface area contributed by atoms with Gasteiger partial charge in [0.2, 0.25) is 0 Å². The number of thiophene rings is 1. The summed E-state index contributed by atoms with van der Waals surface area (Å²) in [5.41, 5.74) is 4.24. The maximum atomic E-state index is 6.19. The molecule has 2 atom stereocenters. The van der Waals surface area contributed by atoms with E-state index in [1.807, 2.05) is 24.5 Å². The minimum atomic E-state index is 0.330. The van der Waals surface area contributed by atoms with Gasteiger partial charge in [0.05, 0.1) is 6.10 Å². The van der Waals surface area contributed by atoms with Crippen molar-refractivity contribution < 1.29 is 4.74 Å². The number of aromatic nitrogens is 1. The molecule has 0 spiro atoms. The van der Waals surface area contributed by atoms with E-state index in [-0.39, 0.29) is 0 Å². The Morgan fingerprint density at radius 2 is 2.28 bits per heavy atom. The lowest BCUT2D eigenvalue weighted by Crippen LogP contribution is -2.38. The standard InChI is InChI=1S/C21H28N2OS/c1-17-4-5-19(13-22-17)14-23-10-9-21(16-23,20-3-2-11-24-20)8-6-18-7-12-25-15-18/h4-5,7,12-13,15,20H,2-3,6,8-11,14,16H2,1H3/t20-,21+/m1/s1. The topological polar surface area (TPSA) is 25.4 Å². The molecule has 0 saturated carbocycles. The SMILES string of the molecule is Cc1ccc(CN2CC[C@](CCc3ccsc3)([C@H]3CCCO3)C2)cn1. The van der Waals surface area contributed by atoms with Crippen molar-refractivity contribution in [1.82, 2.24) is 9.88 Å². The van der Waals surface area contributed by atoms with Gasteiger partial charge in [0.25, 0.3) is 0 Å². The first-order chi connectivity index (χ1) is 12.2. The Kier molecular flexibility index (Phi) is 5.20. The van der Waals surface area contributed by atoms with Crippen molar-refractivity contribution in [2.24, 2.45) is 5.41 Å². The highest BCUT2D eigenvalue weighted by Gasteiger charge is 2.45. The largest absolute Gasteiger partial charge is 0.378 e. The van der Waals surface area contributed by atoms with Crippen LogP contribution < -0.4 is 0 Å². The van der Waals surface area contributed by atoms with E-state index in [0.717, 1.165) is 25.4 Å². The Balaban J connectivity index is 1.44. The number of aryl methyl sites for hydroxylation is 2. The smallest absolute Gasteiger partial charge is 0.0645 e. The van der Waals surface area contributed by atoms with Gasteiger partial charge >= 0.3 is 0 Å². The van der Waals surface area contributed by atoms with Crippen molar-refractivity contribution in [3.63, 3.8) is 0 Å². The van der Waals surface area contributed by atoms with E-state index in [9.17, 15) is 0 Å². The summed E-state index contributed by atoms with van der Waals surface area (Å²) < 4.78 is 6.19. The zero-order valence-corrected chi connectivity index (χ0v) is 15.9. The van der Waals surface area contributed by atoms with Crippen molar-refractivity contribution in [3.8, 4) is 0 Å². The molecule has 4 heteroatoms. The summed E-state index contributed by atoms with van der Waals surface area (Å²) in [5.74, 6) is 0. The third-order valence-electron chi connectivity index (χ3n) is 5.95. The first-order valence-electron chi connectivity index (χ1n) is 9.50. The molecule has 0 radical (unpaired) electrons. The highest BCUT2D eigenvalue weighted by molar-refractivity contribution is 7.07. The fourth-order valence-electron chi connectivity index (χ4n) is 4.49. The van der Waals surface area contributed by atoms with Crippen LogP contribution in [0.1, 0.15) is 42.5 Å². The van der Waals surface area contributed by atoms with Gasteiger partial charge in [-0.2, -0.15) is 11.3 Å². The minimum absolute atomic E-state index is 0.330. The number of pyridine rings is 1. The molecule has 2 aromatic heterocycles. The van der Waals surface area contributed by atoms with Crippen molar-refractivity contribution in [2.45, 2.75) is 51.7 Å². The summed E-state index contributed by atoms with van der Waals surface area (Å²) in [6, 6.07) is 6.62. The summed E-state index contributed by atoms with van der Waals surface area (Å²) in [6.45, 7) is 6.35. The Morgan fingerprint density at radius 1 is 1.32 bits per heavy atom. The quantitative estimate of drug-likeness (QED) is 0.764. The lowest BCUT2D eigenvalue weighted by atomic mass is 9.75. The summed E-state index contributed by atoms with van der Waals surface area (Å²) in [6.07, 6.45) is 8.65. The third kappa shape index (κ3) is 3.97. The number of rotatable bonds is 6. The number of likely N-dealkylation sites (tertiary alicyclic amines) is 1. The average Bonchev–Trinajstić information content (AvgIpc) is 3.38. The third-order valence-corrected chi connectivity index (χ3v) is 6.68. The van der Waals surface area contributed by atoms with E-state index in [1.165, 1.54) is 49.8 Å². The Bertz CT molecular complexity index is 664. The van der Waals surface area contributed by atoms with Crippen LogP contribution in [0.3, 0.4) is 0 Å². The molecule has 0 unspecified atom stereocenters. The Morgan fingerprint density at radius 3 is 3.00 bits per heavy atom. The maximum absolute atomic E-state index is 6.19. The second kappa shape index (κ2) is 7.56. The lowest BCUT2D eigenvalue weighted by molar-refractivity contribution is -0.00180. The van der Waals surface area contributed by atoms with Gasteiger partial charge in [0.15, 0.2) is 0 Å². The Hall–Kier alpha value is -1.23. The molecule has 2 saturated heterocycles. The van der Waals surface area contributed by atoms with E-state index in [2.05, 4.69) is 38.8 Å². The molecule has 0 aliphatic carbocycles. The molecule has 2 aromatic rings. The van der Waals surface area contributed by atoms with Gasteiger partial charge in [0.1, 0.15) is 0 Å². The molecular formula is C21H28N2OS.